The van der Waals surface area contributed by atoms with Gasteiger partial charge in [0.15, 0.2) is 11.5 Å². The fraction of sp³-hybridized carbons (Fsp3) is 0.406. The number of hydrogen-bond donors (Lipinski definition) is 3. The van der Waals surface area contributed by atoms with Gasteiger partial charge in [0.2, 0.25) is 5.91 Å². The van der Waals surface area contributed by atoms with Gasteiger partial charge in [0.25, 0.3) is 11.8 Å². The molecule has 12 heteroatoms. The number of carbonyl (C=O) groups is 3. The fourth-order valence-electron chi connectivity index (χ4n) is 6.00. The molecule has 1 aromatic heterocycles. The van der Waals surface area contributed by atoms with Crippen molar-refractivity contribution in [3.63, 3.8) is 0 Å². The van der Waals surface area contributed by atoms with E-state index in [9.17, 15) is 18.8 Å². The molecular weight excluding hydrogens is 563 g/mol. The molecule has 4 N–H and O–H groups in total. The number of halogens is 1. The maximum atomic E-state index is 14.8. The summed E-state index contributed by atoms with van der Waals surface area (Å²) in [6, 6.07) is 11.8. The van der Waals surface area contributed by atoms with Gasteiger partial charge in [0, 0.05) is 43.1 Å². The van der Waals surface area contributed by atoms with Crippen LogP contribution in [0.15, 0.2) is 48.7 Å². The summed E-state index contributed by atoms with van der Waals surface area (Å²) in [6.45, 7) is 4.41. The maximum absolute atomic E-state index is 14.8. The average Bonchev–Trinajstić information content (AvgIpc) is 3.84. The molecule has 3 amide bonds. The number of piperazine rings is 1. The van der Waals surface area contributed by atoms with E-state index < -0.39 is 17.6 Å². The lowest BCUT2D eigenvalue weighted by Crippen LogP contribution is -2.54. The van der Waals surface area contributed by atoms with Crippen LogP contribution >= 0.6 is 0 Å². The standard InChI is InChI=1S/C32H37FN8O3/c1-19-26(37-32(44)24-12-7-21(16-25(24)33)20-5-6-20)4-3-13-40(19)27-17-35-29(30(34)43)31(38-27)36-22-8-10-23(11-9-22)41-15-14-39(2)18-28(41)42/h7-12,16-17,19-20,26H,3-6,13-15,18H2,1-2H3,(H2,34,43)(H,36,38)(H,37,44)/t19-,26-/m1/s1. The summed E-state index contributed by atoms with van der Waals surface area (Å²) in [5.41, 5.74) is 8.04. The van der Waals surface area contributed by atoms with E-state index in [0.717, 1.165) is 43.5 Å². The number of anilines is 4. The lowest BCUT2D eigenvalue weighted by atomic mass is 9.96. The topological polar surface area (TPSA) is 137 Å². The first-order valence-corrected chi connectivity index (χ1v) is 15.1. The van der Waals surface area contributed by atoms with E-state index in [4.69, 9.17) is 10.7 Å². The number of primary amides is 1. The molecule has 3 aliphatic rings. The number of carbonyl (C=O) groups excluding carboxylic acids is 3. The third-order valence-electron chi connectivity index (χ3n) is 8.73. The zero-order valence-corrected chi connectivity index (χ0v) is 24.9. The molecule has 2 saturated heterocycles. The Morgan fingerprint density at radius 3 is 2.50 bits per heavy atom. The van der Waals surface area contributed by atoms with Gasteiger partial charge < -0.3 is 26.2 Å². The van der Waals surface area contributed by atoms with Crippen molar-refractivity contribution >= 4 is 40.7 Å². The third-order valence-corrected chi connectivity index (χ3v) is 8.73. The minimum atomic E-state index is -0.724. The highest BCUT2D eigenvalue weighted by atomic mass is 19.1. The molecule has 44 heavy (non-hydrogen) atoms. The quantitative estimate of drug-likeness (QED) is 0.358. The molecule has 1 saturated carbocycles. The molecule has 6 rings (SSSR count). The Morgan fingerprint density at radius 1 is 1.05 bits per heavy atom. The zero-order valence-electron chi connectivity index (χ0n) is 24.9. The van der Waals surface area contributed by atoms with Gasteiger partial charge in [-0.25, -0.2) is 14.4 Å². The van der Waals surface area contributed by atoms with Crippen molar-refractivity contribution in [3.05, 3.63) is 71.3 Å². The predicted molar refractivity (Wildman–Crippen MR) is 166 cm³/mol. The molecule has 0 spiro atoms. The van der Waals surface area contributed by atoms with E-state index in [-0.39, 0.29) is 35.1 Å². The SMILES string of the molecule is C[C@@H]1[C@H](NC(=O)c2ccc(C3CC3)cc2F)CCCN1c1cnc(C(N)=O)c(Nc2ccc(N3CCN(C)CC3=O)cc2)n1. The number of nitrogens with zero attached hydrogens (tertiary/aromatic N) is 5. The molecule has 2 aromatic carbocycles. The summed E-state index contributed by atoms with van der Waals surface area (Å²) in [7, 11) is 1.92. The van der Waals surface area contributed by atoms with Gasteiger partial charge in [-0.1, -0.05) is 6.07 Å². The second kappa shape index (κ2) is 12.2. The van der Waals surface area contributed by atoms with Gasteiger partial charge in [-0.2, -0.15) is 0 Å². The number of likely N-dealkylation sites (N-methyl/N-ethyl adjacent to an activating group) is 1. The highest BCUT2D eigenvalue weighted by Crippen LogP contribution is 2.40. The lowest BCUT2D eigenvalue weighted by molar-refractivity contribution is -0.120. The van der Waals surface area contributed by atoms with Crippen LogP contribution in [0, 0.1) is 5.82 Å². The van der Waals surface area contributed by atoms with Crippen LogP contribution in [-0.4, -0.2) is 77.9 Å². The zero-order chi connectivity index (χ0) is 31.0. The molecule has 3 fully saturated rings. The van der Waals surface area contributed by atoms with Gasteiger partial charge in [-0.15, -0.1) is 0 Å². The fourth-order valence-corrected chi connectivity index (χ4v) is 6.00. The first kappa shape index (κ1) is 29.5. The highest BCUT2D eigenvalue weighted by molar-refractivity contribution is 5.97. The van der Waals surface area contributed by atoms with Crippen LogP contribution in [0.1, 0.15) is 64.9 Å². The van der Waals surface area contributed by atoms with E-state index in [2.05, 4.69) is 15.6 Å². The van der Waals surface area contributed by atoms with E-state index in [0.29, 0.717) is 37.1 Å². The predicted octanol–water partition coefficient (Wildman–Crippen LogP) is 3.40. The normalized spacial score (nSPS) is 20.8. The highest BCUT2D eigenvalue weighted by Gasteiger charge is 2.32. The van der Waals surface area contributed by atoms with Crippen LogP contribution in [0.4, 0.5) is 27.4 Å². The summed E-state index contributed by atoms with van der Waals surface area (Å²) >= 11 is 0. The van der Waals surface area contributed by atoms with Gasteiger partial charge in [0.05, 0.1) is 18.3 Å². The molecule has 230 valence electrons. The number of benzene rings is 2. The number of aromatic nitrogens is 2. The molecule has 2 aliphatic heterocycles. The Kier molecular flexibility index (Phi) is 8.17. The summed E-state index contributed by atoms with van der Waals surface area (Å²) in [4.78, 5) is 52.6. The van der Waals surface area contributed by atoms with E-state index >= 15 is 0 Å². The summed E-state index contributed by atoms with van der Waals surface area (Å²) < 4.78 is 14.8. The van der Waals surface area contributed by atoms with E-state index in [1.54, 1.807) is 11.0 Å². The Morgan fingerprint density at radius 2 is 1.82 bits per heavy atom. The van der Waals surface area contributed by atoms with E-state index in [1.165, 1.54) is 12.3 Å². The number of nitrogens with one attached hydrogen (secondary N) is 2. The second-order valence-electron chi connectivity index (χ2n) is 11.9. The molecular formula is C32H37FN8O3. The average molecular weight is 601 g/mol. The minimum absolute atomic E-state index is 0.00768. The van der Waals surface area contributed by atoms with Crippen LogP contribution in [0.25, 0.3) is 0 Å². The van der Waals surface area contributed by atoms with Gasteiger partial charge in [-0.05, 0) is 87.5 Å². The van der Waals surface area contributed by atoms with Crippen LogP contribution < -0.4 is 26.2 Å². The minimum Gasteiger partial charge on any atom is -0.364 e. The Hall–Kier alpha value is -4.58. The van der Waals surface area contributed by atoms with Gasteiger partial charge >= 0.3 is 0 Å². The largest absolute Gasteiger partial charge is 0.364 e. The van der Waals surface area contributed by atoms with Crippen molar-refractivity contribution in [2.45, 2.75) is 50.6 Å². The molecule has 3 heterocycles. The number of rotatable bonds is 8. The Labute approximate surface area is 255 Å². The number of piperidine rings is 1. The third kappa shape index (κ3) is 6.21. The molecule has 1 aliphatic carbocycles. The first-order chi connectivity index (χ1) is 21.2. The molecule has 0 radical (unpaired) electrons. The first-order valence-electron chi connectivity index (χ1n) is 15.1. The van der Waals surface area contributed by atoms with Crippen molar-refractivity contribution in [3.8, 4) is 0 Å². The number of nitrogens with two attached hydrogens (primary N) is 1. The van der Waals surface area contributed by atoms with Crippen molar-refractivity contribution in [1.29, 1.82) is 0 Å². The summed E-state index contributed by atoms with van der Waals surface area (Å²) in [6.07, 6.45) is 5.13. The van der Waals surface area contributed by atoms with Crippen LogP contribution in [0.3, 0.4) is 0 Å². The van der Waals surface area contributed by atoms with Crippen LogP contribution in [-0.2, 0) is 4.79 Å². The summed E-state index contributed by atoms with van der Waals surface area (Å²) in [5, 5.41) is 6.18. The van der Waals surface area contributed by atoms with Crippen molar-refractivity contribution < 1.29 is 18.8 Å². The van der Waals surface area contributed by atoms with Crippen molar-refractivity contribution in [1.82, 2.24) is 20.2 Å². The number of hydrogen-bond acceptors (Lipinski definition) is 8. The van der Waals surface area contributed by atoms with Crippen LogP contribution in [0.2, 0.25) is 0 Å². The maximum Gasteiger partial charge on any atom is 0.271 e. The summed E-state index contributed by atoms with van der Waals surface area (Å²) in [5.74, 6) is -0.504. The Bertz CT molecular complexity index is 1580. The van der Waals surface area contributed by atoms with Gasteiger partial charge in [-0.3, -0.25) is 19.3 Å². The monoisotopic (exact) mass is 600 g/mol. The lowest BCUT2D eigenvalue weighted by Gasteiger charge is -2.40. The van der Waals surface area contributed by atoms with Gasteiger partial charge in [0.1, 0.15) is 11.6 Å². The molecule has 3 aromatic rings. The van der Waals surface area contributed by atoms with Crippen molar-refractivity contribution in [2.75, 3.05) is 48.3 Å². The molecule has 0 unspecified atom stereocenters. The van der Waals surface area contributed by atoms with Crippen LogP contribution in [0.5, 0.6) is 0 Å². The molecule has 0 bridgehead atoms. The molecule has 11 nitrogen and oxygen atoms in total. The second-order valence-corrected chi connectivity index (χ2v) is 11.9. The van der Waals surface area contributed by atoms with E-state index in [1.807, 2.05) is 54.1 Å². The molecule has 2 atom stereocenters. The van der Waals surface area contributed by atoms with Crippen molar-refractivity contribution in [2.24, 2.45) is 5.73 Å². The number of amides is 3. The Balaban J connectivity index is 1.17. The smallest absolute Gasteiger partial charge is 0.271 e.